The molecule has 274 valence electrons. The zero-order chi connectivity index (χ0) is 36.5. The molecule has 13 heteroatoms. The Morgan fingerprint density at radius 1 is 0.980 bits per heavy atom. The fraction of sp³-hybridized carbons (Fsp3) is 0.526. The van der Waals surface area contributed by atoms with Crippen molar-refractivity contribution in [1.82, 2.24) is 36.0 Å². The first-order valence-electron chi connectivity index (χ1n) is 17.9. The van der Waals surface area contributed by atoms with Crippen LogP contribution in [-0.2, 0) is 43.3 Å². The highest BCUT2D eigenvalue weighted by Crippen LogP contribution is 2.22. The van der Waals surface area contributed by atoms with E-state index in [-0.39, 0.29) is 49.8 Å². The lowest BCUT2D eigenvalue weighted by atomic mass is 10.00. The number of fused-ring (bicyclic) bond motifs is 14. The summed E-state index contributed by atoms with van der Waals surface area (Å²) in [4.78, 5) is 59.7. The predicted octanol–water partition coefficient (Wildman–Crippen LogP) is 2.96. The molecule has 0 saturated carbocycles. The van der Waals surface area contributed by atoms with E-state index < -0.39 is 36.0 Å². The molecule has 0 radical (unpaired) electrons. The molecule has 0 aliphatic carbocycles. The fourth-order valence-corrected chi connectivity index (χ4v) is 6.49. The van der Waals surface area contributed by atoms with Gasteiger partial charge in [0.15, 0.2) is 5.82 Å². The van der Waals surface area contributed by atoms with Gasteiger partial charge in [0.1, 0.15) is 42.9 Å². The number of hydrogen-bond donors (Lipinski definition) is 4. The molecule has 1 saturated heterocycles. The van der Waals surface area contributed by atoms with Gasteiger partial charge in [-0.3, -0.25) is 19.2 Å². The van der Waals surface area contributed by atoms with Gasteiger partial charge in [0.2, 0.25) is 23.6 Å². The first kappa shape index (κ1) is 37.5. The van der Waals surface area contributed by atoms with E-state index >= 15 is 0 Å². The molecule has 13 nitrogen and oxygen atoms in total. The van der Waals surface area contributed by atoms with Crippen LogP contribution >= 0.6 is 0 Å². The van der Waals surface area contributed by atoms with Crippen LogP contribution in [-0.4, -0.2) is 75.8 Å². The minimum absolute atomic E-state index is 0.102. The van der Waals surface area contributed by atoms with Crippen LogP contribution in [0, 0.1) is 18.8 Å². The number of nitrogens with one attached hydrogen (secondary N) is 4. The lowest BCUT2D eigenvalue weighted by Gasteiger charge is -2.28. The number of nitrogens with zero attached hydrogens (tertiary/aromatic N) is 3. The highest BCUT2D eigenvalue weighted by Gasteiger charge is 2.33. The van der Waals surface area contributed by atoms with Gasteiger partial charge in [-0.15, -0.1) is 0 Å². The van der Waals surface area contributed by atoms with Crippen LogP contribution in [0.1, 0.15) is 75.8 Å². The predicted molar refractivity (Wildman–Crippen MR) is 190 cm³/mol. The van der Waals surface area contributed by atoms with Crippen LogP contribution < -0.4 is 26.0 Å². The standard InChI is InChI=1S/C38H51N7O6/c1-23(2)18-28-22-51-29-15-13-27(14-16-29)20-30(42-38(49)32-12-9-17-50-32)36(47)41-31(19-26-10-7-6-8-11-26)37(48)43-34(24(3)4)35-39-25(5)44-45(35)21-33(46)40-28/h6-8,10-11,13-16,23-24,28,30-32,34H,9,12,17-22H2,1-5H3,(H,40,46)(H,41,47)(H,42,49)(H,43,48)/t28-,30-,31-,32+,34-/m0/s1. The molecule has 0 unspecified atom stereocenters. The summed E-state index contributed by atoms with van der Waals surface area (Å²) in [7, 11) is 0. The highest BCUT2D eigenvalue weighted by atomic mass is 16.5. The van der Waals surface area contributed by atoms with Gasteiger partial charge >= 0.3 is 0 Å². The molecule has 1 aromatic heterocycles. The molecule has 2 bridgehead atoms. The Morgan fingerprint density at radius 2 is 1.73 bits per heavy atom. The molecule has 51 heavy (non-hydrogen) atoms. The van der Waals surface area contributed by atoms with Crippen molar-refractivity contribution in [1.29, 1.82) is 0 Å². The van der Waals surface area contributed by atoms with Crippen molar-refractivity contribution in [2.24, 2.45) is 11.8 Å². The largest absolute Gasteiger partial charge is 0.491 e. The Hall–Kier alpha value is -4.78. The van der Waals surface area contributed by atoms with Crippen molar-refractivity contribution in [3.05, 3.63) is 77.4 Å². The Kier molecular flexibility index (Phi) is 12.8. The van der Waals surface area contributed by atoms with Crippen molar-refractivity contribution in [2.75, 3.05) is 13.2 Å². The van der Waals surface area contributed by atoms with Gasteiger partial charge in [-0.25, -0.2) is 9.67 Å². The number of carbonyl (C=O) groups excluding carboxylic acids is 4. The number of rotatable bonds is 7. The van der Waals surface area contributed by atoms with Crippen LogP contribution in [0.2, 0.25) is 0 Å². The van der Waals surface area contributed by atoms with Crippen molar-refractivity contribution >= 4 is 23.6 Å². The van der Waals surface area contributed by atoms with Gasteiger partial charge in [0, 0.05) is 19.4 Å². The lowest BCUT2D eigenvalue weighted by molar-refractivity contribution is -0.135. The second-order valence-electron chi connectivity index (χ2n) is 14.3. The Morgan fingerprint density at radius 3 is 2.39 bits per heavy atom. The average molecular weight is 702 g/mol. The maximum atomic E-state index is 14.2. The molecule has 5 atom stereocenters. The van der Waals surface area contributed by atoms with Gasteiger partial charge in [0.25, 0.3) is 0 Å². The summed E-state index contributed by atoms with van der Waals surface area (Å²) < 4.78 is 13.3. The summed E-state index contributed by atoms with van der Waals surface area (Å²) in [5, 5.41) is 16.6. The molecule has 2 aromatic carbocycles. The molecule has 3 aromatic rings. The Bertz CT molecular complexity index is 1640. The Labute approximate surface area is 299 Å². The molecular weight excluding hydrogens is 650 g/mol. The number of carbonyl (C=O) groups is 4. The smallest absolute Gasteiger partial charge is 0.249 e. The highest BCUT2D eigenvalue weighted by molar-refractivity contribution is 5.93. The van der Waals surface area contributed by atoms with E-state index in [4.69, 9.17) is 9.47 Å². The van der Waals surface area contributed by atoms with Crippen LogP contribution in [0.5, 0.6) is 5.75 Å². The van der Waals surface area contributed by atoms with Crippen molar-refractivity contribution < 1.29 is 28.7 Å². The molecule has 6 rings (SSSR count). The molecule has 4 N–H and O–H groups in total. The third kappa shape index (κ3) is 10.6. The first-order valence-corrected chi connectivity index (χ1v) is 17.9. The fourth-order valence-electron chi connectivity index (χ4n) is 6.49. The summed E-state index contributed by atoms with van der Waals surface area (Å²) in [5.41, 5.74) is 1.63. The molecule has 4 amide bonds. The number of hydrogen-bond acceptors (Lipinski definition) is 8. The number of benzene rings is 2. The molecule has 3 aliphatic heterocycles. The zero-order valence-electron chi connectivity index (χ0n) is 30.2. The normalized spacial score (nSPS) is 23.6. The summed E-state index contributed by atoms with van der Waals surface area (Å²) in [6.45, 7) is 10.4. The molecule has 1 fully saturated rings. The summed E-state index contributed by atoms with van der Waals surface area (Å²) in [5.74, 6) is 0.109. The van der Waals surface area contributed by atoms with Crippen LogP contribution in [0.15, 0.2) is 54.6 Å². The lowest BCUT2D eigenvalue weighted by Crippen LogP contribution is -2.56. The molecule has 4 heterocycles. The Balaban J connectivity index is 1.51. The number of amides is 4. The van der Waals surface area contributed by atoms with E-state index in [1.807, 2.05) is 56.3 Å². The maximum Gasteiger partial charge on any atom is 0.249 e. The molecular formula is C38H51N7O6. The zero-order valence-corrected chi connectivity index (χ0v) is 30.2. The monoisotopic (exact) mass is 701 g/mol. The average Bonchev–Trinajstić information content (AvgIpc) is 3.76. The number of aryl methyl sites for hydroxylation is 1. The van der Waals surface area contributed by atoms with Gasteiger partial charge < -0.3 is 30.7 Å². The second kappa shape index (κ2) is 17.4. The van der Waals surface area contributed by atoms with Crippen molar-refractivity contribution in [3.8, 4) is 5.75 Å². The number of aromatic nitrogens is 3. The SMILES string of the molecule is Cc1nc2n(n1)CC(=O)N[C@@H](CC(C)C)COc1ccc(cc1)C[C@H](NC(=O)[C@H]1CCCO1)C(=O)N[C@@H](Cc1ccccc1)C(=O)N[C@H]2C(C)C. The van der Waals surface area contributed by atoms with E-state index in [1.54, 1.807) is 19.1 Å². The molecule has 0 spiro atoms. The van der Waals surface area contributed by atoms with Gasteiger partial charge in [-0.05, 0) is 61.3 Å². The summed E-state index contributed by atoms with van der Waals surface area (Å²) in [6, 6.07) is 13.8. The van der Waals surface area contributed by atoms with Gasteiger partial charge in [0.05, 0.1) is 12.1 Å². The third-order valence-corrected chi connectivity index (χ3v) is 9.05. The van der Waals surface area contributed by atoms with Crippen LogP contribution in [0.3, 0.4) is 0 Å². The topological polar surface area (TPSA) is 166 Å². The summed E-state index contributed by atoms with van der Waals surface area (Å²) in [6.07, 6.45) is 1.78. The van der Waals surface area contributed by atoms with E-state index in [9.17, 15) is 19.2 Å². The minimum Gasteiger partial charge on any atom is -0.491 e. The van der Waals surface area contributed by atoms with Crippen molar-refractivity contribution in [3.63, 3.8) is 0 Å². The van der Waals surface area contributed by atoms with Crippen molar-refractivity contribution in [2.45, 2.75) is 104 Å². The first-order chi connectivity index (χ1) is 24.4. The summed E-state index contributed by atoms with van der Waals surface area (Å²) >= 11 is 0. The van der Waals surface area contributed by atoms with Gasteiger partial charge in [-0.1, -0.05) is 70.2 Å². The van der Waals surface area contributed by atoms with Crippen LogP contribution in [0.4, 0.5) is 0 Å². The van der Waals surface area contributed by atoms with E-state index in [0.717, 1.165) is 17.5 Å². The van der Waals surface area contributed by atoms with Crippen LogP contribution in [0.25, 0.3) is 0 Å². The third-order valence-electron chi connectivity index (χ3n) is 9.05. The van der Waals surface area contributed by atoms with Gasteiger partial charge in [-0.2, -0.15) is 5.10 Å². The van der Waals surface area contributed by atoms with E-state index in [1.165, 1.54) is 4.68 Å². The second-order valence-corrected chi connectivity index (χ2v) is 14.3. The van der Waals surface area contributed by atoms with E-state index in [2.05, 4.69) is 45.2 Å². The molecule has 3 aliphatic rings. The maximum absolute atomic E-state index is 14.2. The van der Waals surface area contributed by atoms with E-state index in [0.29, 0.717) is 42.8 Å². The number of ether oxygens (including phenoxy) is 2. The quantitative estimate of drug-likeness (QED) is 0.292. The minimum atomic E-state index is -0.998.